The number of sulfonamides is 1. The molecule has 0 heterocycles. The molecule has 0 bridgehead atoms. The molecule has 0 aromatic heterocycles. The average Bonchev–Trinajstić information content (AvgIpc) is 2.55. The molecule has 2 aromatic carbocycles. The van der Waals surface area contributed by atoms with Crippen molar-refractivity contribution in [3.05, 3.63) is 58.7 Å². The van der Waals surface area contributed by atoms with Gasteiger partial charge in [-0.15, -0.1) is 0 Å². The van der Waals surface area contributed by atoms with Crippen LogP contribution in [0.1, 0.15) is 39.9 Å². The minimum absolute atomic E-state index is 0.00651. The van der Waals surface area contributed by atoms with E-state index in [1.807, 2.05) is 12.1 Å². The van der Waals surface area contributed by atoms with Crippen molar-refractivity contribution in [1.29, 1.82) is 0 Å². The Morgan fingerprint density at radius 3 is 2.62 bits per heavy atom. The number of hydrogen-bond donors (Lipinski definition) is 2. The van der Waals surface area contributed by atoms with E-state index in [9.17, 15) is 18.3 Å². The van der Waals surface area contributed by atoms with E-state index in [2.05, 4.69) is 4.72 Å². The number of aryl methyl sites for hydroxylation is 2. The van der Waals surface area contributed by atoms with Gasteiger partial charge in [-0.3, -0.25) is 4.72 Å². The van der Waals surface area contributed by atoms with E-state index < -0.39 is 16.0 Å². The van der Waals surface area contributed by atoms with Crippen LogP contribution in [-0.2, 0) is 22.9 Å². The van der Waals surface area contributed by atoms with Gasteiger partial charge in [-0.2, -0.15) is 0 Å². The molecule has 0 atom stereocenters. The maximum atomic E-state index is 12.7. The fourth-order valence-electron chi connectivity index (χ4n) is 3.08. The Morgan fingerprint density at radius 1 is 1.12 bits per heavy atom. The monoisotopic (exact) mass is 345 g/mol. The molecule has 0 unspecified atom stereocenters. The molecular formula is C18H19NO4S. The Morgan fingerprint density at radius 2 is 1.88 bits per heavy atom. The van der Waals surface area contributed by atoms with E-state index in [4.69, 9.17) is 0 Å². The predicted molar refractivity (Wildman–Crippen MR) is 92.0 cm³/mol. The summed E-state index contributed by atoms with van der Waals surface area (Å²) in [5.74, 6) is -1.14. The van der Waals surface area contributed by atoms with Crippen molar-refractivity contribution < 1.29 is 18.3 Å². The van der Waals surface area contributed by atoms with Crippen LogP contribution in [0, 0.1) is 6.92 Å². The third-order valence-corrected chi connectivity index (χ3v) is 5.75. The number of nitrogens with one attached hydrogen (secondary N) is 1. The molecule has 0 spiro atoms. The van der Waals surface area contributed by atoms with Gasteiger partial charge in [0.25, 0.3) is 10.0 Å². The Bertz CT molecular complexity index is 903. The highest BCUT2D eigenvalue weighted by Gasteiger charge is 2.21. The number of carbonyl (C=O) groups is 1. The molecule has 2 aromatic rings. The van der Waals surface area contributed by atoms with Crippen molar-refractivity contribution in [1.82, 2.24) is 0 Å². The van der Waals surface area contributed by atoms with Crippen LogP contribution in [-0.4, -0.2) is 19.5 Å². The van der Waals surface area contributed by atoms with Crippen LogP contribution in [0.3, 0.4) is 0 Å². The summed E-state index contributed by atoms with van der Waals surface area (Å²) in [6.07, 6.45) is 3.96. The summed E-state index contributed by atoms with van der Waals surface area (Å²) in [5, 5.41) is 9.19. The maximum Gasteiger partial charge on any atom is 0.335 e. The zero-order valence-corrected chi connectivity index (χ0v) is 14.2. The first-order valence-electron chi connectivity index (χ1n) is 7.86. The Kier molecular flexibility index (Phi) is 4.32. The van der Waals surface area contributed by atoms with Gasteiger partial charge >= 0.3 is 5.97 Å². The lowest BCUT2D eigenvalue weighted by Gasteiger charge is -2.20. The number of benzene rings is 2. The smallest absolute Gasteiger partial charge is 0.335 e. The molecule has 1 aliphatic rings. The second-order valence-electron chi connectivity index (χ2n) is 6.04. The largest absolute Gasteiger partial charge is 0.478 e. The molecule has 0 amide bonds. The first-order valence-corrected chi connectivity index (χ1v) is 9.34. The summed E-state index contributed by atoms with van der Waals surface area (Å²) < 4.78 is 28.0. The number of fused-ring (bicyclic) bond motifs is 1. The second kappa shape index (κ2) is 6.28. The van der Waals surface area contributed by atoms with Gasteiger partial charge in [0.05, 0.1) is 16.1 Å². The number of hydrogen-bond acceptors (Lipinski definition) is 3. The average molecular weight is 345 g/mol. The SMILES string of the molecule is Cc1ccc(S(=O)(=O)Nc2cccc3c2CCCC3)cc1C(=O)O. The summed E-state index contributed by atoms with van der Waals surface area (Å²) in [6.45, 7) is 1.64. The normalized spacial score (nSPS) is 14.0. The zero-order valence-electron chi connectivity index (χ0n) is 13.4. The zero-order chi connectivity index (χ0) is 17.3. The minimum Gasteiger partial charge on any atom is -0.478 e. The van der Waals surface area contributed by atoms with Crippen molar-refractivity contribution in [2.45, 2.75) is 37.5 Å². The quantitative estimate of drug-likeness (QED) is 0.890. The van der Waals surface area contributed by atoms with Gasteiger partial charge < -0.3 is 5.11 Å². The summed E-state index contributed by atoms with van der Waals surface area (Å²) in [4.78, 5) is 11.2. The van der Waals surface area contributed by atoms with Crippen LogP contribution >= 0.6 is 0 Å². The molecule has 24 heavy (non-hydrogen) atoms. The fourth-order valence-corrected chi connectivity index (χ4v) is 4.20. The maximum absolute atomic E-state index is 12.7. The van der Waals surface area contributed by atoms with E-state index in [-0.39, 0.29) is 10.5 Å². The molecule has 0 saturated carbocycles. The lowest BCUT2D eigenvalue weighted by atomic mass is 9.91. The van der Waals surface area contributed by atoms with Gasteiger partial charge in [0.15, 0.2) is 0 Å². The van der Waals surface area contributed by atoms with Gasteiger partial charge in [0.1, 0.15) is 0 Å². The summed E-state index contributed by atoms with van der Waals surface area (Å²) >= 11 is 0. The van der Waals surface area contributed by atoms with Crippen molar-refractivity contribution in [3.8, 4) is 0 Å². The van der Waals surface area contributed by atoms with Gasteiger partial charge in [0.2, 0.25) is 0 Å². The standard InChI is InChI=1S/C18H19NO4S/c1-12-9-10-14(11-16(12)18(20)21)24(22,23)19-17-8-4-6-13-5-2-3-7-15(13)17/h4,6,8-11,19H,2-3,5,7H2,1H3,(H,20,21). The highest BCUT2D eigenvalue weighted by Crippen LogP contribution is 2.29. The first kappa shape index (κ1) is 16.5. The highest BCUT2D eigenvalue weighted by atomic mass is 32.2. The molecule has 0 saturated heterocycles. The molecule has 2 N–H and O–H groups in total. The molecule has 0 fully saturated rings. The molecule has 0 radical (unpaired) electrons. The molecule has 1 aliphatic carbocycles. The third kappa shape index (κ3) is 3.14. The summed E-state index contributed by atoms with van der Waals surface area (Å²) in [5.41, 5.74) is 3.32. The topological polar surface area (TPSA) is 83.5 Å². The predicted octanol–water partition coefficient (Wildman–Crippen LogP) is 3.37. The number of aromatic carboxylic acids is 1. The van der Waals surface area contributed by atoms with Gasteiger partial charge in [0, 0.05) is 0 Å². The number of rotatable bonds is 4. The van der Waals surface area contributed by atoms with E-state index in [1.54, 1.807) is 13.0 Å². The van der Waals surface area contributed by atoms with Gasteiger partial charge in [-0.05, 0) is 67.5 Å². The van der Waals surface area contributed by atoms with Crippen LogP contribution in [0.5, 0.6) is 0 Å². The molecule has 0 aliphatic heterocycles. The van der Waals surface area contributed by atoms with E-state index in [1.165, 1.54) is 23.8 Å². The van der Waals surface area contributed by atoms with Crippen molar-refractivity contribution in [3.63, 3.8) is 0 Å². The van der Waals surface area contributed by atoms with Crippen molar-refractivity contribution >= 4 is 21.7 Å². The van der Waals surface area contributed by atoms with Gasteiger partial charge in [-0.1, -0.05) is 18.2 Å². The third-order valence-electron chi connectivity index (χ3n) is 4.39. The van der Waals surface area contributed by atoms with Crippen LogP contribution in [0.4, 0.5) is 5.69 Å². The van der Waals surface area contributed by atoms with Crippen LogP contribution in [0.15, 0.2) is 41.3 Å². The highest BCUT2D eigenvalue weighted by molar-refractivity contribution is 7.92. The van der Waals surface area contributed by atoms with Crippen LogP contribution < -0.4 is 4.72 Å². The molecular weight excluding hydrogens is 326 g/mol. The van der Waals surface area contributed by atoms with E-state index in [0.717, 1.165) is 31.2 Å². The van der Waals surface area contributed by atoms with Crippen LogP contribution in [0.25, 0.3) is 0 Å². The summed E-state index contributed by atoms with van der Waals surface area (Å²) in [7, 11) is -3.83. The van der Waals surface area contributed by atoms with Gasteiger partial charge in [-0.25, -0.2) is 13.2 Å². The Balaban J connectivity index is 1.98. The Hall–Kier alpha value is -2.34. The lowest BCUT2D eigenvalue weighted by molar-refractivity contribution is 0.0696. The van der Waals surface area contributed by atoms with Crippen molar-refractivity contribution in [2.75, 3.05) is 4.72 Å². The molecule has 5 nitrogen and oxygen atoms in total. The Labute approximate surface area is 141 Å². The van der Waals surface area contributed by atoms with E-state index >= 15 is 0 Å². The molecule has 3 rings (SSSR count). The second-order valence-corrected chi connectivity index (χ2v) is 7.72. The van der Waals surface area contributed by atoms with E-state index in [0.29, 0.717) is 11.3 Å². The lowest BCUT2D eigenvalue weighted by Crippen LogP contribution is -2.17. The molecule has 6 heteroatoms. The number of carboxylic acid groups (broad SMARTS) is 1. The fraction of sp³-hybridized carbons (Fsp3) is 0.278. The first-order chi connectivity index (χ1) is 11.4. The van der Waals surface area contributed by atoms with Crippen molar-refractivity contribution in [2.24, 2.45) is 0 Å². The number of carboxylic acids is 1. The summed E-state index contributed by atoms with van der Waals surface area (Å²) in [6, 6.07) is 9.78. The molecule has 126 valence electrons. The number of anilines is 1. The van der Waals surface area contributed by atoms with Crippen LogP contribution in [0.2, 0.25) is 0 Å². The minimum atomic E-state index is -3.83.